The van der Waals surface area contributed by atoms with Gasteiger partial charge in [-0.3, -0.25) is 0 Å². The average molecular weight is 332 g/mol. The number of aromatic nitrogens is 1. The van der Waals surface area contributed by atoms with Crippen LogP contribution in [-0.2, 0) is 10.1 Å². The van der Waals surface area contributed by atoms with Crippen molar-refractivity contribution in [1.82, 2.24) is 10.3 Å². The smallest absolute Gasteiger partial charge is 0.356 e. The van der Waals surface area contributed by atoms with Gasteiger partial charge in [0.2, 0.25) is 0 Å². The molecule has 2 atom stereocenters. The van der Waals surface area contributed by atoms with Gasteiger partial charge in [-0.2, -0.15) is 8.42 Å². The second-order valence-corrected chi connectivity index (χ2v) is 7.15. The highest BCUT2D eigenvalue weighted by atomic mass is 32.2. The number of pyridine rings is 1. The Labute approximate surface area is 134 Å². The van der Waals surface area contributed by atoms with Crippen LogP contribution in [0.1, 0.15) is 17.9 Å². The largest absolute Gasteiger partial charge is 0.488 e. The molecule has 1 saturated heterocycles. The zero-order chi connectivity index (χ0) is 15.9. The Morgan fingerprint density at radius 2 is 2.17 bits per heavy atom. The summed E-state index contributed by atoms with van der Waals surface area (Å²) in [6.07, 6.45) is 2.50. The first kappa shape index (κ1) is 14.5. The Morgan fingerprint density at radius 1 is 1.26 bits per heavy atom. The molecule has 4 rings (SSSR count). The lowest BCUT2D eigenvalue weighted by atomic mass is 9.90. The van der Waals surface area contributed by atoms with Crippen molar-refractivity contribution in [3.8, 4) is 11.5 Å². The van der Waals surface area contributed by atoms with Crippen LogP contribution in [0.4, 0.5) is 0 Å². The van der Waals surface area contributed by atoms with Gasteiger partial charge in [-0.25, -0.2) is 4.98 Å². The molecule has 2 aliphatic rings. The Morgan fingerprint density at radius 3 is 3.00 bits per heavy atom. The molecule has 2 aliphatic heterocycles. The van der Waals surface area contributed by atoms with Gasteiger partial charge >= 0.3 is 10.1 Å². The molecule has 1 aromatic carbocycles. The van der Waals surface area contributed by atoms with Crippen molar-refractivity contribution in [3.05, 3.63) is 48.2 Å². The fraction of sp³-hybridized carbons (Fsp3) is 0.312. The average Bonchev–Trinajstić information content (AvgIpc) is 2.93. The lowest BCUT2D eigenvalue weighted by Gasteiger charge is -2.24. The molecule has 7 heteroatoms. The van der Waals surface area contributed by atoms with Gasteiger partial charge in [0.25, 0.3) is 0 Å². The van der Waals surface area contributed by atoms with Gasteiger partial charge in [-0.15, -0.1) is 0 Å². The number of ether oxygens (including phenoxy) is 1. The molecule has 0 spiro atoms. The first-order valence-corrected chi connectivity index (χ1v) is 8.91. The van der Waals surface area contributed by atoms with Crippen LogP contribution in [0, 0.1) is 0 Å². The summed E-state index contributed by atoms with van der Waals surface area (Å²) in [5, 5.41) is 3.20. The highest BCUT2D eigenvalue weighted by Crippen LogP contribution is 2.43. The topological polar surface area (TPSA) is 77.5 Å². The van der Waals surface area contributed by atoms with Crippen molar-refractivity contribution in [3.63, 3.8) is 0 Å². The van der Waals surface area contributed by atoms with E-state index < -0.39 is 10.1 Å². The minimum Gasteiger partial charge on any atom is -0.488 e. The van der Waals surface area contributed by atoms with Crippen LogP contribution in [0.15, 0.2) is 47.6 Å². The summed E-state index contributed by atoms with van der Waals surface area (Å²) >= 11 is 0. The third kappa shape index (κ3) is 2.66. The number of nitrogens with one attached hydrogen (secondary N) is 1. The highest BCUT2D eigenvalue weighted by Gasteiger charge is 2.36. The van der Waals surface area contributed by atoms with Gasteiger partial charge in [0.05, 0.1) is 0 Å². The monoisotopic (exact) mass is 332 g/mol. The quantitative estimate of drug-likeness (QED) is 0.862. The van der Waals surface area contributed by atoms with E-state index in [-0.39, 0.29) is 22.8 Å². The maximum Gasteiger partial charge on any atom is 0.356 e. The summed E-state index contributed by atoms with van der Waals surface area (Å²) in [6.45, 7) is 1.74. The molecule has 6 nitrogen and oxygen atoms in total. The van der Waals surface area contributed by atoms with E-state index in [1.807, 2.05) is 0 Å². The fourth-order valence-electron chi connectivity index (χ4n) is 3.11. The van der Waals surface area contributed by atoms with Crippen LogP contribution in [0.2, 0.25) is 0 Å². The lowest BCUT2D eigenvalue weighted by Crippen LogP contribution is -2.39. The summed E-state index contributed by atoms with van der Waals surface area (Å²) in [6, 6.07) is 9.84. The zero-order valence-electron chi connectivity index (χ0n) is 12.3. The van der Waals surface area contributed by atoms with Crippen LogP contribution in [0.5, 0.6) is 11.5 Å². The molecule has 2 unspecified atom stereocenters. The molecule has 1 N–H and O–H groups in total. The van der Waals surface area contributed by atoms with Crippen LogP contribution < -0.4 is 14.2 Å². The Bertz CT molecular complexity index is 823. The summed E-state index contributed by atoms with van der Waals surface area (Å²) in [5.41, 5.74) is 1.02. The van der Waals surface area contributed by atoms with E-state index in [0.717, 1.165) is 30.8 Å². The van der Waals surface area contributed by atoms with Gasteiger partial charge in [-0.1, -0.05) is 6.07 Å². The third-order valence-electron chi connectivity index (χ3n) is 4.19. The Hall–Kier alpha value is -2.12. The first-order valence-electron chi connectivity index (χ1n) is 7.50. The van der Waals surface area contributed by atoms with Crippen molar-refractivity contribution in [2.24, 2.45) is 0 Å². The van der Waals surface area contributed by atoms with Gasteiger partial charge in [0.1, 0.15) is 17.6 Å². The summed E-state index contributed by atoms with van der Waals surface area (Å²) in [7, 11) is -3.92. The number of fused-ring (bicyclic) bond motifs is 3. The summed E-state index contributed by atoms with van der Waals surface area (Å²) in [4.78, 5) is 3.84. The van der Waals surface area contributed by atoms with E-state index in [1.165, 1.54) is 12.3 Å². The van der Waals surface area contributed by atoms with Crippen LogP contribution in [0.25, 0.3) is 0 Å². The second kappa shape index (κ2) is 5.50. The minimum atomic E-state index is -3.92. The predicted octanol–water partition coefficient (Wildman–Crippen LogP) is 1.69. The van der Waals surface area contributed by atoms with E-state index in [1.54, 1.807) is 30.3 Å². The molecular formula is C16H16N2O4S. The number of nitrogens with zero attached hydrogens (tertiary/aromatic N) is 1. The number of piperidine rings is 1. The van der Waals surface area contributed by atoms with E-state index in [9.17, 15) is 8.42 Å². The molecule has 0 radical (unpaired) electrons. The molecule has 120 valence electrons. The molecule has 2 aromatic rings. The van der Waals surface area contributed by atoms with Crippen LogP contribution in [0.3, 0.4) is 0 Å². The number of hydrogen-bond acceptors (Lipinski definition) is 6. The van der Waals surface area contributed by atoms with Crippen molar-refractivity contribution < 1.29 is 17.3 Å². The van der Waals surface area contributed by atoms with Crippen molar-refractivity contribution in [2.45, 2.75) is 23.5 Å². The minimum absolute atomic E-state index is 0.100. The Kier molecular flexibility index (Phi) is 3.46. The van der Waals surface area contributed by atoms with Gasteiger partial charge in [0.15, 0.2) is 5.03 Å². The van der Waals surface area contributed by atoms with Gasteiger partial charge in [0, 0.05) is 24.2 Å². The molecule has 0 aliphatic carbocycles. The molecule has 0 amide bonds. The van der Waals surface area contributed by atoms with Crippen molar-refractivity contribution >= 4 is 10.1 Å². The number of rotatable bonds is 3. The van der Waals surface area contributed by atoms with E-state index in [4.69, 9.17) is 8.92 Å². The van der Waals surface area contributed by atoms with E-state index in [2.05, 4.69) is 10.3 Å². The highest BCUT2D eigenvalue weighted by molar-refractivity contribution is 7.87. The molecule has 1 fully saturated rings. The molecular weight excluding hydrogens is 316 g/mol. The summed E-state index contributed by atoms with van der Waals surface area (Å²) < 4.78 is 35.6. The normalized spacial score (nSPS) is 22.8. The Balaban J connectivity index is 1.62. The van der Waals surface area contributed by atoms with E-state index >= 15 is 0 Å². The molecule has 1 aromatic heterocycles. The summed E-state index contributed by atoms with van der Waals surface area (Å²) in [5.74, 6) is 1.39. The fourth-order valence-corrected chi connectivity index (χ4v) is 3.99. The molecule has 23 heavy (non-hydrogen) atoms. The van der Waals surface area contributed by atoms with Gasteiger partial charge < -0.3 is 14.2 Å². The molecule has 0 bridgehead atoms. The number of hydrogen-bond donors (Lipinski definition) is 1. The maximum absolute atomic E-state index is 12.3. The van der Waals surface area contributed by atoms with Crippen LogP contribution >= 0.6 is 0 Å². The van der Waals surface area contributed by atoms with Gasteiger partial charge in [-0.05, 0) is 43.3 Å². The molecule has 3 heterocycles. The lowest BCUT2D eigenvalue weighted by molar-refractivity contribution is 0.177. The van der Waals surface area contributed by atoms with E-state index in [0.29, 0.717) is 0 Å². The standard InChI is InChI=1S/C16H16N2O4S/c19-23(20,16-3-1-2-7-18-16)22-11-4-5-14-13(9-11)12-6-8-17-10-15(12)21-14/h1-5,7,9,12,15,17H,6,8,10H2. The SMILES string of the molecule is O=S(=O)(Oc1ccc2c(c1)C1CCNCC1O2)c1ccccn1. The maximum atomic E-state index is 12.3. The number of benzene rings is 1. The predicted molar refractivity (Wildman–Crippen MR) is 83.1 cm³/mol. The second-order valence-electron chi connectivity index (χ2n) is 5.66. The van der Waals surface area contributed by atoms with Crippen LogP contribution in [-0.4, -0.2) is 32.6 Å². The first-order chi connectivity index (χ1) is 11.1. The van der Waals surface area contributed by atoms with Crippen molar-refractivity contribution in [1.29, 1.82) is 0 Å². The van der Waals surface area contributed by atoms with Crippen molar-refractivity contribution in [2.75, 3.05) is 13.1 Å². The third-order valence-corrected chi connectivity index (χ3v) is 5.35. The zero-order valence-corrected chi connectivity index (χ0v) is 13.1. The molecule has 0 saturated carbocycles.